The number of aryl methyl sites for hydroxylation is 1. The zero-order chi connectivity index (χ0) is 22.1. The van der Waals surface area contributed by atoms with Crippen molar-refractivity contribution in [3.8, 4) is 5.75 Å². The maximum atomic E-state index is 9.51. The van der Waals surface area contributed by atoms with Crippen molar-refractivity contribution >= 4 is 45.8 Å². The minimum atomic E-state index is 0.186. The van der Waals surface area contributed by atoms with Crippen molar-refractivity contribution in [1.29, 1.82) is 0 Å². The molecule has 8 nitrogen and oxygen atoms in total. The molecule has 0 saturated carbocycles. The number of aromatic nitrogens is 4. The highest BCUT2D eigenvalue weighted by Gasteiger charge is 2.23. The summed E-state index contributed by atoms with van der Waals surface area (Å²) in [5.74, 6) is 1.32. The first-order valence-electron chi connectivity index (χ1n) is 10.5. The van der Waals surface area contributed by atoms with Crippen LogP contribution in [0.15, 0.2) is 48.7 Å². The molecule has 3 N–H and O–H groups in total. The Labute approximate surface area is 190 Å². The second kappa shape index (κ2) is 8.64. The Bertz CT molecular complexity index is 1230. The highest BCUT2D eigenvalue weighted by molar-refractivity contribution is 6.33. The summed E-state index contributed by atoms with van der Waals surface area (Å²) in [6, 6.07) is 12.7. The number of benzene rings is 2. The van der Waals surface area contributed by atoms with E-state index in [0.29, 0.717) is 30.0 Å². The van der Waals surface area contributed by atoms with E-state index >= 15 is 0 Å². The lowest BCUT2D eigenvalue weighted by atomic mass is 10.1. The van der Waals surface area contributed by atoms with Gasteiger partial charge in [0.25, 0.3) is 0 Å². The van der Waals surface area contributed by atoms with Crippen molar-refractivity contribution in [3.05, 3.63) is 59.2 Å². The molecule has 1 fully saturated rings. The number of nitrogens with one attached hydrogen (secondary N) is 2. The summed E-state index contributed by atoms with van der Waals surface area (Å²) in [7, 11) is 0. The van der Waals surface area contributed by atoms with E-state index in [1.807, 2.05) is 29.8 Å². The van der Waals surface area contributed by atoms with E-state index < -0.39 is 0 Å². The molecule has 0 aliphatic carbocycles. The first-order valence-corrected chi connectivity index (χ1v) is 10.9. The third-order valence-electron chi connectivity index (χ3n) is 5.57. The average molecular weight is 451 g/mol. The van der Waals surface area contributed by atoms with Crippen LogP contribution in [0.25, 0.3) is 11.0 Å². The van der Waals surface area contributed by atoms with Crippen molar-refractivity contribution in [2.24, 2.45) is 0 Å². The number of phenolic OH excluding ortho intramolecular Hbond substituents is 1. The van der Waals surface area contributed by atoms with Crippen LogP contribution in [0.5, 0.6) is 5.75 Å². The van der Waals surface area contributed by atoms with Gasteiger partial charge in [0, 0.05) is 25.1 Å². The maximum absolute atomic E-state index is 9.51. The third kappa shape index (κ3) is 4.06. The van der Waals surface area contributed by atoms with E-state index in [0.717, 1.165) is 40.8 Å². The predicted octanol–water partition coefficient (Wildman–Crippen LogP) is 5.33. The van der Waals surface area contributed by atoms with Crippen LogP contribution < -0.4 is 10.6 Å². The zero-order valence-electron chi connectivity index (χ0n) is 17.5. The van der Waals surface area contributed by atoms with Gasteiger partial charge in [-0.25, -0.2) is 9.67 Å². The molecule has 3 heterocycles. The summed E-state index contributed by atoms with van der Waals surface area (Å²) in [4.78, 5) is 9.27. The first-order chi connectivity index (χ1) is 15.6. The Hall–Kier alpha value is -3.36. The molecule has 9 heteroatoms. The van der Waals surface area contributed by atoms with Gasteiger partial charge in [-0.3, -0.25) is 0 Å². The molecule has 2 aromatic heterocycles. The number of halogens is 1. The normalized spacial score (nSPS) is 14.6. The molecule has 4 aromatic rings. The molecule has 5 rings (SSSR count). The van der Waals surface area contributed by atoms with Crippen LogP contribution in [0, 0.1) is 6.92 Å². The summed E-state index contributed by atoms with van der Waals surface area (Å²) in [6.07, 6.45) is 3.50. The van der Waals surface area contributed by atoms with E-state index in [4.69, 9.17) is 26.4 Å². The number of hydrogen-bond acceptors (Lipinski definition) is 7. The quantitative estimate of drug-likeness (QED) is 0.353. The molecular weight excluding hydrogens is 428 g/mol. The molecular formula is C23H23ClN6O2. The van der Waals surface area contributed by atoms with Crippen molar-refractivity contribution in [2.75, 3.05) is 23.8 Å². The van der Waals surface area contributed by atoms with Crippen LogP contribution >= 0.6 is 11.6 Å². The second-order valence-corrected chi connectivity index (χ2v) is 8.20. The fourth-order valence-corrected chi connectivity index (χ4v) is 4.11. The Morgan fingerprint density at radius 2 is 1.88 bits per heavy atom. The van der Waals surface area contributed by atoms with Crippen LogP contribution in [0.1, 0.15) is 24.4 Å². The monoisotopic (exact) mass is 450 g/mol. The summed E-state index contributed by atoms with van der Waals surface area (Å²) < 4.78 is 7.51. The third-order valence-corrected chi connectivity index (χ3v) is 5.89. The number of hydrogen-bond donors (Lipinski definition) is 3. The van der Waals surface area contributed by atoms with Gasteiger partial charge in [0.1, 0.15) is 5.75 Å². The van der Waals surface area contributed by atoms with E-state index in [2.05, 4.69) is 15.6 Å². The van der Waals surface area contributed by atoms with Gasteiger partial charge < -0.3 is 20.5 Å². The fourth-order valence-electron chi connectivity index (χ4n) is 3.84. The van der Waals surface area contributed by atoms with Gasteiger partial charge in [0.15, 0.2) is 11.5 Å². The number of aromatic hydroxyl groups is 1. The summed E-state index contributed by atoms with van der Waals surface area (Å²) in [5.41, 5.74) is 3.36. The van der Waals surface area contributed by atoms with Crippen LogP contribution in [0.2, 0.25) is 5.02 Å². The minimum Gasteiger partial charge on any atom is -0.508 e. The van der Waals surface area contributed by atoms with Crippen LogP contribution in [-0.4, -0.2) is 38.1 Å². The molecule has 0 atom stereocenters. The molecule has 0 amide bonds. The van der Waals surface area contributed by atoms with E-state index in [9.17, 15) is 5.11 Å². The first kappa shape index (κ1) is 20.5. The second-order valence-electron chi connectivity index (χ2n) is 7.80. The van der Waals surface area contributed by atoms with Gasteiger partial charge in [0.2, 0.25) is 5.95 Å². The molecule has 0 bridgehead atoms. The van der Waals surface area contributed by atoms with Gasteiger partial charge in [-0.05, 0) is 55.7 Å². The standard InChI is InChI=1S/C23H23ClN6O2/c1-14-3-2-4-19(24)20(14)27-21-18-13-25-23(26-15-5-7-17(31)8-6-15)28-22(18)30(29-21)16-9-11-32-12-10-16/h2-8,13,16,31H,9-12H2,1H3,(H,27,29)(H,25,26,28). The predicted molar refractivity (Wildman–Crippen MR) is 125 cm³/mol. The summed E-state index contributed by atoms with van der Waals surface area (Å²) in [6.45, 7) is 3.40. The maximum Gasteiger partial charge on any atom is 0.229 e. The van der Waals surface area contributed by atoms with Crippen LogP contribution in [-0.2, 0) is 4.74 Å². The molecule has 32 heavy (non-hydrogen) atoms. The molecule has 1 aliphatic heterocycles. The van der Waals surface area contributed by atoms with Gasteiger partial charge in [0.05, 0.1) is 22.1 Å². The number of ether oxygens (including phenoxy) is 1. The van der Waals surface area contributed by atoms with Crippen molar-refractivity contribution in [2.45, 2.75) is 25.8 Å². The topological polar surface area (TPSA) is 97.1 Å². The zero-order valence-corrected chi connectivity index (χ0v) is 18.3. The van der Waals surface area contributed by atoms with Gasteiger partial charge in [-0.1, -0.05) is 23.7 Å². The smallest absolute Gasteiger partial charge is 0.229 e. The number of nitrogens with zero attached hydrogens (tertiary/aromatic N) is 4. The minimum absolute atomic E-state index is 0.186. The molecule has 0 spiro atoms. The molecule has 2 aromatic carbocycles. The van der Waals surface area contributed by atoms with Gasteiger partial charge in [-0.15, -0.1) is 0 Å². The lowest BCUT2D eigenvalue weighted by Gasteiger charge is -2.22. The average Bonchev–Trinajstić information content (AvgIpc) is 3.16. The lowest BCUT2D eigenvalue weighted by Crippen LogP contribution is -2.21. The van der Waals surface area contributed by atoms with E-state index in [1.165, 1.54) is 0 Å². The fraction of sp³-hybridized carbons (Fsp3) is 0.261. The van der Waals surface area contributed by atoms with Gasteiger partial charge >= 0.3 is 0 Å². The summed E-state index contributed by atoms with van der Waals surface area (Å²) in [5, 5.41) is 22.4. The van der Waals surface area contributed by atoms with E-state index in [1.54, 1.807) is 30.5 Å². The Balaban J connectivity index is 1.56. The number of fused-ring (bicyclic) bond motifs is 1. The van der Waals surface area contributed by atoms with Crippen LogP contribution in [0.3, 0.4) is 0 Å². The van der Waals surface area contributed by atoms with Crippen molar-refractivity contribution < 1.29 is 9.84 Å². The molecule has 0 radical (unpaired) electrons. The highest BCUT2D eigenvalue weighted by Crippen LogP contribution is 2.34. The number of rotatable bonds is 5. The highest BCUT2D eigenvalue weighted by atomic mass is 35.5. The largest absolute Gasteiger partial charge is 0.508 e. The number of para-hydroxylation sites is 1. The Morgan fingerprint density at radius 1 is 1.09 bits per heavy atom. The Morgan fingerprint density at radius 3 is 2.62 bits per heavy atom. The Kier molecular flexibility index (Phi) is 5.55. The molecule has 1 aliphatic rings. The summed E-state index contributed by atoms with van der Waals surface area (Å²) >= 11 is 6.44. The molecule has 1 saturated heterocycles. The van der Waals surface area contributed by atoms with E-state index in [-0.39, 0.29) is 11.8 Å². The van der Waals surface area contributed by atoms with Crippen LogP contribution in [0.4, 0.5) is 23.1 Å². The van der Waals surface area contributed by atoms with Crippen molar-refractivity contribution in [1.82, 2.24) is 19.7 Å². The lowest BCUT2D eigenvalue weighted by molar-refractivity contribution is 0.0674. The SMILES string of the molecule is Cc1cccc(Cl)c1Nc1nn(C2CCOCC2)c2nc(Nc3ccc(O)cc3)ncc12. The number of phenols is 1. The van der Waals surface area contributed by atoms with Gasteiger partial charge in [-0.2, -0.15) is 10.1 Å². The number of anilines is 4. The van der Waals surface area contributed by atoms with Crippen molar-refractivity contribution in [3.63, 3.8) is 0 Å². The molecule has 0 unspecified atom stereocenters. The molecule has 164 valence electrons.